The van der Waals surface area contributed by atoms with Crippen LogP contribution < -0.4 is 5.73 Å². The summed E-state index contributed by atoms with van der Waals surface area (Å²) in [5.41, 5.74) is 8.57. The molecule has 6 heteroatoms. The Bertz CT molecular complexity index is 625. The van der Waals surface area contributed by atoms with Crippen LogP contribution in [0.4, 0.5) is 0 Å². The van der Waals surface area contributed by atoms with Gasteiger partial charge in [0.25, 0.3) is 5.91 Å². The van der Waals surface area contributed by atoms with Crippen molar-refractivity contribution >= 4 is 23.2 Å². The summed E-state index contributed by atoms with van der Waals surface area (Å²) in [6.45, 7) is 2.56. The van der Waals surface area contributed by atoms with Crippen molar-refractivity contribution in [1.29, 1.82) is 0 Å². The van der Waals surface area contributed by atoms with Crippen LogP contribution in [0.15, 0.2) is 35.8 Å². The molecule has 0 spiro atoms. The highest BCUT2D eigenvalue weighted by Gasteiger charge is 2.20. The van der Waals surface area contributed by atoms with E-state index in [1.807, 2.05) is 30.3 Å². The number of carbonyl (C=O) groups is 2. The van der Waals surface area contributed by atoms with Crippen molar-refractivity contribution in [3.63, 3.8) is 0 Å². The summed E-state index contributed by atoms with van der Waals surface area (Å²) in [5.74, 6) is -0.526. The predicted octanol–water partition coefficient (Wildman–Crippen LogP) is 1.97. The molecule has 0 saturated heterocycles. The monoisotopic (exact) mass is 303 g/mol. The number of nitrogens with zero attached hydrogens (tertiary/aromatic N) is 2. The average molecular weight is 303 g/mol. The maximum absolute atomic E-state index is 12.6. The van der Waals surface area contributed by atoms with Gasteiger partial charge in [0.2, 0.25) is 5.91 Å². The molecule has 0 radical (unpaired) electrons. The van der Waals surface area contributed by atoms with Crippen LogP contribution in [-0.4, -0.2) is 28.2 Å². The number of primary amides is 1. The summed E-state index contributed by atoms with van der Waals surface area (Å²) >= 11 is 1.31. The number of rotatable bonds is 6. The number of carbonyl (C=O) groups excluding carboxylic acids is 2. The van der Waals surface area contributed by atoms with Gasteiger partial charge in [-0.25, -0.2) is 4.98 Å². The molecule has 0 aliphatic heterocycles. The molecule has 2 aromatic rings. The summed E-state index contributed by atoms with van der Waals surface area (Å²) in [6.07, 6.45) is 0.149. The van der Waals surface area contributed by atoms with Crippen LogP contribution in [0.3, 0.4) is 0 Å². The zero-order valence-corrected chi connectivity index (χ0v) is 12.6. The minimum Gasteiger partial charge on any atom is -0.370 e. The molecule has 1 aromatic heterocycles. The third-order valence-corrected chi connectivity index (χ3v) is 3.99. The summed E-state index contributed by atoms with van der Waals surface area (Å²) in [4.78, 5) is 29.9. The van der Waals surface area contributed by atoms with E-state index < -0.39 is 5.91 Å². The van der Waals surface area contributed by atoms with Crippen LogP contribution in [0.25, 0.3) is 0 Å². The smallest absolute Gasteiger partial charge is 0.266 e. The highest BCUT2D eigenvalue weighted by Crippen LogP contribution is 2.17. The van der Waals surface area contributed by atoms with E-state index in [9.17, 15) is 9.59 Å². The lowest BCUT2D eigenvalue weighted by Gasteiger charge is -2.22. The normalized spacial score (nSPS) is 10.3. The van der Waals surface area contributed by atoms with Gasteiger partial charge in [-0.3, -0.25) is 9.59 Å². The second-order valence-electron chi connectivity index (χ2n) is 4.70. The van der Waals surface area contributed by atoms with Gasteiger partial charge in [0, 0.05) is 19.5 Å². The number of amides is 2. The average Bonchev–Trinajstić information content (AvgIpc) is 2.90. The molecule has 2 amide bonds. The van der Waals surface area contributed by atoms with Crippen LogP contribution in [0.5, 0.6) is 0 Å². The topological polar surface area (TPSA) is 76.3 Å². The SMILES string of the molecule is Cc1ncsc1C(=O)N(CCC(N)=O)Cc1ccccc1. The molecule has 0 aliphatic rings. The first-order valence-corrected chi connectivity index (χ1v) is 7.47. The predicted molar refractivity (Wildman–Crippen MR) is 81.8 cm³/mol. The first-order chi connectivity index (χ1) is 10.1. The second-order valence-corrected chi connectivity index (χ2v) is 5.55. The molecule has 1 heterocycles. The fourth-order valence-corrected chi connectivity index (χ4v) is 2.72. The summed E-state index contributed by atoms with van der Waals surface area (Å²) < 4.78 is 0. The van der Waals surface area contributed by atoms with Gasteiger partial charge in [-0.15, -0.1) is 11.3 Å². The summed E-state index contributed by atoms with van der Waals surface area (Å²) in [6, 6.07) is 9.66. The van der Waals surface area contributed by atoms with E-state index in [2.05, 4.69) is 4.98 Å². The minimum absolute atomic E-state index is 0.111. The van der Waals surface area contributed by atoms with Crippen molar-refractivity contribution in [3.05, 3.63) is 52.0 Å². The van der Waals surface area contributed by atoms with E-state index in [1.54, 1.807) is 17.3 Å². The lowest BCUT2D eigenvalue weighted by atomic mass is 10.2. The van der Waals surface area contributed by atoms with E-state index in [1.165, 1.54) is 11.3 Å². The minimum atomic E-state index is -0.415. The quantitative estimate of drug-likeness (QED) is 0.886. The molecule has 0 bridgehead atoms. The molecule has 110 valence electrons. The molecule has 21 heavy (non-hydrogen) atoms. The molecule has 5 nitrogen and oxygen atoms in total. The Labute approximate surface area is 127 Å². The van der Waals surface area contributed by atoms with Crippen LogP contribution in [-0.2, 0) is 11.3 Å². The highest BCUT2D eigenvalue weighted by atomic mass is 32.1. The van der Waals surface area contributed by atoms with Gasteiger partial charge in [0.15, 0.2) is 0 Å². The Morgan fingerprint density at radius 3 is 2.57 bits per heavy atom. The molecule has 2 rings (SSSR count). The Morgan fingerprint density at radius 1 is 1.29 bits per heavy atom. The maximum Gasteiger partial charge on any atom is 0.266 e. The Morgan fingerprint density at radius 2 is 2.00 bits per heavy atom. The van der Waals surface area contributed by atoms with E-state index in [0.29, 0.717) is 23.7 Å². The fourth-order valence-electron chi connectivity index (χ4n) is 1.95. The molecule has 1 aromatic carbocycles. The van der Waals surface area contributed by atoms with Crippen molar-refractivity contribution in [2.24, 2.45) is 5.73 Å². The highest BCUT2D eigenvalue weighted by molar-refractivity contribution is 7.11. The number of benzene rings is 1. The van der Waals surface area contributed by atoms with Crippen LogP contribution in [0.1, 0.15) is 27.3 Å². The van der Waals surface area contributed by atoms with E-state index >= 15 is 0 Å². The van der Waals surface area contributed by atoms with Gasteiger partial charge in [0.1, 0.15) is 4.88 Å². The number of hydrogen-bond donors (Lipinski definition) is 1. The van der Waals surface area contributed by atoms with E-state index in [-0.39, 0.29) is 12.3 Å². The zero-order chi connectivity index (χ0) is 15.2. The third kappa shape index (κ3) is 4.13. The maximum atomic E-state index is 12.6. The van der Waals surface area contributed by atoms with Gasteiger partial charge in [0.05, 0.1) is 11.2 Å². The number of aromatic nitrogens is 1. The van der Waals surface area contributed by atoms with Crippen LogP contribution >= 0.6 is 11.3 Å². The van der Waals surface area contributed by atoms with Crippen molar-refractivity contribution in [1.82, 2.24) is 9.88 Å². The lowest BCUT2D eigenvalue weighted by Crippen LogP contribution is -2.33. The zero-order valence-electron chi connectivity index (χ0n) is 11.8. The van der Waals surface area contributed by atoms with Crippen LogP contribution in [0.2, 0.25) is 0 Å². The van der Waals surface area contributed by atoms with E-state index in [0.717, 1.165) is 5.56 Å². The Balaban J connectivity index is 2.17. The van der Waals surface area contributed by atoms with Gasteiger partial charge >= 0.3 is 0 Å². The van der Waals surface area contributed by atoms with Crippen molar-refractivity contribution in [2.75, 3.05) is 6.54 Å². The third-order valence-electron chi connectivity index (χ3n) is 3.07. The second kappa shape index (κ2) is 6.99. The molecule has 0 saturated carbocycles. The van der Waals surface area contributed by atoms with Crippen molar-refractivity contribution < 1.29 is 9.59 Å². The molecule has 0 unspecified atom stereocenters. The molecular weight excluding hydrogens is 286 g/mol. The molecule has 0 atom stereocenters. The van der Waals surface area contributed by atoms with Crippen molar-refractivity contribution in [2.45, 2.75) is 19.9 Å². The summed E-state index contributed by atoms with van der Waals surface area (Å²) in [7, 11) is 0. The van der Waals surface area contributed by atoms with E-state index in [4.69, 9.17) is 5.73 Å². The first kappa shape index (κ1) is 15.2. The number of hydrogen-bond acceptors (Lipinski definition) is 4. The fraction of sp³-hybridized carbons (Fsp3) is 0.267. The standard InChI is InChI=1S/C15H17N3O2S/c1-11-14(21-10-17-11)15(20)18(8-7-13(16)19)9-12-5-3-2-4-6-12/h2-6,10H,7-9H2,1H3,(H2,16,19). The van der Waals surface area contributed by atoms with Gasteiger partial charge in [-0.2, -0.15) is 0 Å². The van der Waals surface area contributed by atoms with Crippen LogP contribution in [0, 0.1) is 6.92 Å². The van der Waals surface area contributed by atoms with Crippen molar-refractivity contribution in [3.8, 4) is 0 Å². The molecule has 0 aliphatic carbocycles. The lowest BCUT2D eigenvalue weighted by molar-refractivity contribution is -0.118. The largest absolute Gasteiger partial charge is 0.370 e. The molecule has 2 N–H and O–H groups in total. The van der Waals surface area contributed by atoms with Gasteiger partial charge in [-0.1, -0.05) is 30.3 Å². The Kier molecular flexibility index (Phi) is 5.05. The molecule has 0 fully saturated rings. The first-order valence-electron chi connectivity index (χ1n) is 6.59. The van der Waals surface area contributed by atoms with Gasteiger partial charge < -0.3 is 10.6 Å². The number of thiazole rings is 1. The number of aryl methyl sites for hydroxylation is 1. The number of nitrogens with two attached hydrogens (primary N) is 1. The summed E-state index contributed by atoms with van der Waals surface area (Å²) in [5, 5.41) is 0. The molecular formula is C15H17N3O2S. The van der Waals surface area contributed by atoms with Gasteiger partial charge in [-0.05, 0) is 12.5 Å². The Hall–Kier alpha value is -2.21.